The number of nitrogens with one attached hydrogen (secondary N) is 1. The molecule has 2 rings (SSSR count). The third-order valence-corrected chi connectivity index (χ3v) is 4.91. The van der Waals surface area contributed by atoms with Crippen molar-refractivity contribution in [1.82, 2.24) is 5.32 Å². The fourth-order valence-corrected chi connectivity index (χ4v) is 2.80. The fraction of sp³-hybridized carbons (Fsp3) is 0.562. The number of carbonyl (C=O) groups excluding carboxylic acids is 1. The van der Waals surface area contributed by atoms with E-state index < -0.39 is 0 Å². The number of benzene rings is 1. The van der Waals surface area contributed by atoms with Crippen LogP contribution in [0.4, 0.5) is 0 Å². The zero-order chi connectivity index (χ0) is 14.3. The zero-order valence-electron chi connectivity index (χ0n) is 12.4. The monoisotopic (exact) mass is 261 g/mol. The summed E-state index contributed by atoms with van der Waals surface area (Å²) in [5.41, 5.74) is 2.47. The summed E-state index contributed by atoms with van der Waals surface area (Å²) in [6, 6.07) is 8.11. The summed E-state index contributed by atoms with van der Waals surface area (Å²) < 4.78 is 4.68. The molecule has 1 aliphatic carbocycles. The minimum absolute atomic E-state index is 0.288. The molecule has 0 spiro atoms. The lowest BCUT2D eigenvalue weighted by Gasteiger charge is -2.07. The van der Waals surface area contributed by atoms with Gasteiger partial charge in [0.15, 0.2) is 0 Å². The number of ether oxygens (including phenoxy) is 1. The molecule has 19 heavy (non-hydrogen) atoms. The predicted molar refractivity (Wildman–Crippen MR) is 76.0 cm³/mol. The van der Waals surface area contributed by atoms with E-state index in [1.54, 1.807) is 0 Å². The smallest absolute Gasteiger partial charge is 0.337 e. The van der Waals surface area contributed by atoms with Crippen molar-refractivity contribution in [2.24, 2.45) is 10.8 Å². The van der Waals surface area contributed by atoms with Crippen molar-refractivity contribution in [2.75, 3.05) is 7.11 Å². The minimum Gasteiger partial charge on any atom is -0.465 e. The Balaban J connectivity index is 1.93. The van der Waals surface area contributed by atoms with Crippen LogP contribution in [0.1, 0.15) is 43.6 Å². The van der Waals surface area contributed by atoms with Gasteiger partial charge in [-0.2, -0.15) is 0 Å². The van der Waals surface area contributed by atoms with Gasteiger partial charge in [-0.05, 0) is 28.5 Å². The van der Waals surface area contributed by atoms with Crippen molar-refractivity contribution >= 4 is 5.97 Å². The highest BCUT2D eigenvalue weighted by Gasteiger charge is 2.64. The van der Waals surface area contributed by atoms with E-state index in [1.807, 2.05) is 24.3 Å². The molecule has 0 aromatic heterocycles. The summed E-state index contributed by atoms with van der Waals surface area (Å²) in [5, 5.41) is 3.60. The lowest BCUT2D eigenvalue weighted by Crippen LogP contribution is -2.21. The predicted octanol–water partition coefficient (Wildman–Crippen LogP) is 3.00. The molecule has 0 radical (unpaired) electrons. The molecule has 1 saturated carbocycles. The Bertz CT molecular complexity index is 460. The average Bonchev–Trinajstić information content (AvgIpc) is 2.77. The van der Waals surface area contributed by atoms with Gasteiger partial charge >= 0.3 is 5.97 Å². The van der Waals surface area contributed by atoms with Gasteiger partial charge in [0.25, 0.3) is 0 Å². The summed E-state index contributed by atoms with van der Waals surface area (Å²) >= 11 is 0. The fourth-order valence-electron chi connectivity index (χ4n) is 2.80. The van der Waals surface area contributed by atoms with Crippen LogP contribution in [0.25, 0.3) is 0 Å². The highest BCUT2D eigenvalue weighted by atomic mass is 16.5. The van der Waals surface area contributed by atoms with E-state index in [2.05, 4.69) is 37.7 Å². The van der Waals surface area contributed by atoms with Gasteiger partial charge in [0, 0.05) is 12.6 Å². The topological polar surface area (TPSA) is 38.3 Å². The SMILES string of the molecule is COC(=O)c1ccc(CNC2C(C)(C)C2(C)C)cc1. The Morgan fingerprint density at radius 2 is 1.68 bits per heavy atom. The largest absolute Gasteiger partial charge is 0.465 e. The first-order valence-corrected chi connectivity index (χ1v) is 6.71. The average molecular weight is 261 g/mol. The second-order valence-electron chi connectivity index (χ2n) is 6.45. The summed E-state index contributed by atoms with van der Waals surface area (Å²) in [4.78, 5) is 11.3. The molecule has 3 heteroatoms. The molecule has 1 N–H and O–H groups in total. The first kappa shape index (κ1) is 14.1. The molecule has 0 unspecified atom stereocenters. The highest BCUT2D eigenvalue weighted by Crippen LogP contribution is 2.62. The molecule has 0 heterocycles. The third kappa shape index (κ3) is 2.39. The van der Waals surface area contributed by atoms with Gasteiger partial charge in [-0.3, -0.25) is 0 Å². The van der Waals surface area contributed by atoms with E-state index in [4.69, 9.17) is 0 Å². The van der Waals surface area contributed by atoms with Gasteiger partial charge in [0.05, 0.1) is 12.7 Å². The Morgan fingerprint density at radius 3 is 2.11 bits per heavy atom. The van der Waals surface area contributed by atoms with Crippen LogP contribution < -0.4 is 5.32 Å². The summed E-state index contributed by atoms with van der Waals surface area (Å²) in [5.74, 6) is -0.288. The standard InChI is InChI=1S/C16H23NO2/c1-15(2)14(16(15,3)4)17-10-11-6-8-12(9-7-11)13(18)19-5/h6-9,14,17H,10H2,1-5H3. The van der Waals surface area contributed by atoms with Gasteiger partial charge in [-0.25, -0.2) is 4.79 Å². The third-order valence-electron chi connectivity index (χ3n) is 4.91. The maximum Gasteiger partial charge on any atom is 0.337 e. The Kier molecular flexibility index (Phi) is 3.43. The van der Waals surface area contributed by atoms with Crippen LogP contribution in [0.3, 0.4) is 0 Å². The van der Waals surface area contributed by atoms with Crippen LogP contribution in [0.2, 0.25) is 0 Å². The lowest BCUT2D eigenvalue weighted by molar-refractivity contribution is 0.0600. The number of methoxy groups -OCH3 is 1. The van der Waals surface area contributed by atoms with Crippen molar-refractivity contribution in [3.05, 3.63) is 35.4 Å². The summed E-state index contributed by atoms with van der Waals surface area (Å²) in [6.45, 7) is 10.0. The second-order valence-corrected chi connectivity index (χ2v) is 6.45. The van der Waals surface area contributed by atoms with Crippen molar-refractivity contribution in [3.8, 4) is 0 Å². The van der Waals surface area contributed by atoms with Crippen LogP contribution in [-0.4, -0.2) is 19.1 Å². The molecule has 1 fully saturated rings. The van der Waals surface area contributed by atoms with Crippen molar-refractivity contribution < 1.29 is 9.53 Å². The highest BCUT2D eigenvalue weighted by molar-refractivity contribution is 5.89. The number of esters is 1. The van der Waals surface area contributed by atoms with Gasteiger partial charge in [-0.1, -0.05) is 39.8 Å². The number of hydrogen-bond acceptors (Lipinski definition) is 3. The first-order chi connectivity index (χ1) is 8.80. The number of hydrogen-bond donors (Lipinski definition) is 1. The van der Waals surface area contributed by atoms with E-state index in [0.29, 0.717) is 22.4 Å². The van der Waals surface area contributed by atoms with Gasteiger partial charge in [0.1, 0.15) is 0 Å². The maximum absolute atomic E-state index is 11.3. The molecular formula is C16H23NO2. The molecule has 104 valence electrons. The quantitative estimate of drug-likeness (QED) is 0.847. The molecule has 0 atom stereocenters. The van der Waals surface area contributed by atoms with Crippen LogP contribution in [-0.2, 0) is 11.3 Å². The molecule has 1 aromatic rings. The lowest BCUT2D eigenvalue weighted by atomic mass is 10.0. The second kappa shape index (κ2) is 4.64. The molecule has 0 amide bonds. The van der Waals surface area contributed by atoms with Crippen molar-refractivity contribution in [1.29, 1.82) is 0 Å². The zero-order valence-corrected chi connectivity index (χ0v) is 12.4. The van der Waals surface area contributed by atoms with E-state index in [9.17, 15) is 4.79 Å². The summed E-state index contributed by atoms with van der Waals surface area (Å²) in [6.07, 6.45) is 0. The van der Waals surface area contributed by atoms with E-state index >= 15 is 0 Å². The molecule has 1 aromatic carbocycles. The Morgan fingerprint density at radius 1 is 1.16 bits per heavy atom. The molecule has 0 bridgehead atoms. The summed E-state index contributed by atoms with van der Waals surface area (Å²) in [7, 11) is 1.40. The van der Waals surface area contributed by atoms with Gasteiger partial charge in [0.2, 0.25) is 0 Å². The molecule has 1 aliphatic rings. The van der Waals surface area contributed by atoms with Crippen molar-refractivity contribution in [3.63, 3.8) is 0 Å². The Labute approximate surface area is 115 Å². The van der Waals surface area contributed by atoms with Gasteiger partial charge in [-0.15, -0.1) is 0 Å². The number of rotatable bonds is 4. The van der Waals surface area contributed by atoms with Crippen LogP contribution in [0.5, 0.6) is 0 Å². The Hall–Kier alpha value is -1.35. The van der Waals surface area contributed by atoms with Gasteiger partial charge < -0.3 is 10.1 Å². The van der Waals surface area contributed by atoms with Crippen molar-refractivity contribution in [2.45, 2.75) is 40.3 Å². The van der Waals surface area contributed by atoms with Crippen LogP contribution >= 0.6 is 0 Å². The normalized spacial score (nSPS) is 20.1. The van der Waals surface area contributed by atoms with E-state index in [-0.39, 0.29) is 5.97 Å². The molecular weight excluding hydrogens is 238 g/mol. The maximum atomic E-state index is 11.3. The molecule has 0 saturated heterocycles. The minimum atomic E-state index is -0.288. The van der Waals surface area contributed by atoms with E-state index in [0.717, 1.165) is 6.54 Å². The van der Waals surface area contributed by atoms with Crippen LogP contribution in [0.15, 0.2) is 24.3 Å². The number of carbonyl (C=O) groups is 1. The first-order valence-electron chi connectivity index (χ1n) is 6.71. The van der Waals surface area contributed by atoms with Crippen LogP contribution in [0, 0.1) is 10.8 Å². The van der Waals surface area contributed by atoms with E-state index in [1.165, 1.54) is 12.7 Å². The molecule has 0 aliphatic heterocycles. The molecule has 3 nitrogen and oxygen atoms in total.